The van der Waals surface area contributed by atoms with E-state index < -0.39 is 5.60 Å². The molecule has 0 aliphatic rings. The maximum absolute atomic E-state index is 10.1. The first-order chi connectivity index (χ1) is 4.18. The Morgan fingerprint density at radius 1 is 1.33 bits per heavy atom. The van der Waals surface area contributed by atoms with Gasteiger partial charge in [0.05, 0.1) is 12.2 Å². The van der Waals surface area contributed by atoms with Gasteiger partial charge in [-0.2, -0.15) is 0 Å². The van der Waals surface area contributed by atoms with Crippen LogP contribution in [-0.4, -0.2) is 17.3 Å². The molecule has 0 aromatic rings. The van der Waals surface area contributed by atoms with Crippen molar-refractivity contribution in [2.75, 3.05) is 6.61 Å². The first kappa shape index (κ1) is 8.92. The second-order valence-corrected chi connectivity index (χ2v) is 2.39. The van der Waals surface area contributed by atoms with Gasteiger partial charge in [-0.3, -0.25) is 0 Å². The van der Waals surface area contributed by atoms with Crippen LogP contribution in [0.3, 0.4) is 0 Å². The Balaban J connectivity index is 3.62. The summed E-state index contributed by atoms with van der Waals surface area (Å²) < 4.78 is 0. The summed E-state index contributed by atoms with van der Waals surface area (Å²) in [6.45, 7) is 3.64. The van der Waals surface area contributed by atoms with Crippen LogP contribution in [0.4, 0.5) is 0 Å². The van der Waals surface area contributed by atoms with Crippen LogP contribution in [0.5, 0.6) is 0 Å². The van der Waals surface area contributed by atoms with Gasteiger partial charge in [0, 0.05) is 6.42 Å². The van der Waals surface area contributed by atoms with E-state index in [4.69, 9.17) is 0 Å². The van der Waals surface area contributed by atoms with Gasteiger partial charge in [-0.1, -0.05) is 13.8 Å². The molecule has 9 heavy (non-hydrogen) atoms. The third-order valence-electron chi connectivity index (χ3n) is 1.88. The molecule has 0 aromatic heterocycles. The van der Waals surface area contributed by atoms with Crippen molar-refractivity contribution in [1.82, 2.24) is 0 Å². The average Bonchev–Trinajstić information content (AvgIpc) is 1.89. The molecule has 0 fully saturated rings. The quantitative estimate of drug-likeness (QED) is 0.614. The minimum absolute atomic E-state index is 0.168. The topological polar surface area (TPSA) is 40.1 Å². The Labute approximate surface area is 56.5 Å². The van der Waals surface area contributed by atoms with E-state index in [0.717, 1.165) is 0 Å². The number of hydrogen-bond donors (Lipinski definition) is 1. The predicted octanol–water partition coefficient (Wildman–Crippen LogP) is 1.36. The molecule has 0 aliphatic carbocycles. The smallest absolute Gasteiger partial charge is 0.0849 e. The molecule has 0 atom stereocenters. The highest BCUT2D eigenvalue weighted by Crippen LogP contribution is 2.17. The molecule has 0 amide bonds. The van der Waals surface area contributed by atoms with Gasteiger partial charge in [0.15, 0.2) is 0 Å². The lowest BCUT2D eigenvalue weighted by molar-refractivity contribution is -0.00147. The van der Waals surface area contributed by atoms with Gasteiger partial charge < -0.3 is 5.11 Å². The highest BCUT2D eigenvalue weighted by atomic mass is 16.3. The fourth-order valence-electron chi connectivity index (χ4n) is 0.794. The molecule has 0 heterocycles. The van der Waals surface area contributed by atoms with Gasteiger partial charge in [0.2, 0.25) is 0 Å². The third-order valence-corrected chi connectivity index (χ3v) is 1.88. The second kappa shape index (κ2) is 3.85. The van der Waals surface area contributed by atoms with Crippen LogP contribution in [0.2, 0.25) is 0 Å². The molecule has 1 N–H and O–H groups in total. The van der Waals surface area contributed by atoms with Crippen LogP contribution in [0.15, 0.2) is 0 Å². The Morgan fingerprint density at radius 2 is 1.78 bits per heavy atom. The minimum Gasteiger partial charge on any atom is -0.390 e. The molecule has 2 heteroatoms. The standard InChI is InChI=1S/C7H15O2/c1-3-7(9,4-2)5-6-8/h9H,3-6H2,1-2H3. The summed E-state index contributed by atoms with van der Waals surface area (Å²) in [5, 5.41) is 19.5. The zero-order chi connectivity index (χ0) is 7.33. The average molecular weight is 131 g/mol. The third kappa shape index (κ3) is 2.82. The monoisotopic (exact) mass is 131 g/mol. The van der Waals surface area contributed by atoms with Gasteiger partial charge >= 0.3 is 0 Å². The van der Waals surface area contributed by atoms with E-state index in [0.29, 0.717) is 19.3 Å². The Bertz CT molecular complexity index is 67.3. The second-order valence-electron chi connectivity index (χ2n) is 2.39. The molecule has 0 rings (SSSR count). The summed E-state index contributed by atoms with van der Waals surface area (Å²) in [4.78, 5) is 0. The predicted molar refractivity (Wildman–Crippen MR) is 35.7 cm³/mol. The molecule has 0 spiro atoms. The number of aliphatic hydroxyl groups is 1. The molecule has 0 unspecified atom stereocenters. The lowest BCUT2D eigenvalue weighted by Gasteiger charge is -2.22. The van der Waals surface area contributed by atoms with E-state index >= 15 is 0 Å². The Hall–Kier alpha value is -0.0800. The zero-order valence-corrected chi connectivity index (χ0v) is 6.18. The van der Waals surface area contributed by atoms with Crippen LogP contribution < -0.4 is 0 Å². The van der Waals surface area contributed by atoms with Crippen molar-refractivity contribution >= 4 is 0 Å². The van der Waals surface area contributed by atoms with Crippen molar-refractivity contribution in [1.29, 1.82) is 0 Å². The summed E-state index contributed by atoms with van der Waals surface area (Å²) in [6.07, 6.45) is 1.76. The maximum atomic E-state index is 10.1. The molecular formula is C7H15O2. The number of rotatable bonds is 4. The van der Waals surface area contributed by atoms with E-state index in [1.165, 1.54) is 0 Å². The van der Waals surface area contributed by atoms with Gasteiger partial charge in [0.1, 0.15) is 0 Å². The lowest BCUT2D eigenvalue weighted by atomic mass is 9.94. The lowest BCUT2D eigenvalue weighted by Crippen LogP contribution is -2.27. The van der Waals surface area contributed by atoms with Gasteiger partial charge in [-0.15, -0.1) is 0 Å². The van der Waals surface area contributed by atoms with Crippen LogP contribution in [0, 0.1) is 0 Å². The largest absolute Gasteiger partial charge is 0.390 e. The summed E-state index contributed by atoms with van der Waals surface area (Å²) in [7, 11) is 0. The molecule has 0 bridgehead atoms. The van der Waals surface area contributed by atoms with Crippen LogP contribution in [-0.2, 0) is 5.11 Å². The van der Waals surface area contributed by atoms with Crippen molar-refractivity contribution in [2.24, 2.45) is 0 Å². The Morgan fingerprint density at radius 3 is 1.89 bits per heavy atom. The normalized spacial score (nSPS) is 12.0. The molecule has 0 aromatic carbocycles. The Kier molecular flexibility index (Phi) is 3.82. The van der Waals surface area contributed by atoms with Crippen molar-refractivity contribution in [2.45, 2.75) is 38.7 Å². The highest BCUT2D eigenvalue weighted by Gasteiger charge is 2.20. The highest BCUT2D eigenvalue weighted by molar-refractivity contribution is 4.73. The molecule has 55 valence electrons. The molecular weight excluding hydrogens is 116 g/mol. The van der Waals surface area contributed by atoms with Crippen molar-refractivity contribution in [3.63, 3.8) is 0 Å². The first-order valence-corrected chi connectivity index (χ1v) is 3.49. The maximum Gasteiger partial charge on any atom is 0.0849 e. The van der Waals surface area contributed by atoms with Crippen molar-refractivity contribution in [3.8, 4) is 0 Å². The van der Waals surface area contributed by atoms with E-state index in [1.54, 1.807) is 0 Å². The SMILES string of the molecule is CCC(O)(CC)CC[O]. The molecule has 2 nitrogen and oxygen atoms in total. The molecule has 1 radical (unpaired) electrons. The summed E-state index contributed by atoms with van der Waals surface area (Å²) >= 11 is 0. The van der Waals surface area contributed by atoms with Gasteiger partial charge in [0.25, 0.3) is 0 Å². The summed E-state index contributed by atoms with van der Waals surface area (Å²) in [5.74, 6) is 0. The molecule has 0 saturated carbocycles. The van der Waals surface area contributed by atoms with Gasteiger partial charge in [-0.25, -0.2) is 5.11 Å². The molecule has 0 aliphatic heterocycles. The number of hydrogen-bond acceptors (Lipinski definition) is 1. The van der Waals surface area contributed by atoms with Crippen molar-refractivity contribution < 1.29 is 10.2 Å². The van der Waals surface area contributed by atoms with Crippen LogP contribution in [0.1, 0.15) is 33.1 Å². The van der Waals surface area contributed by atoms with Gasteiger partial charge in [-0.05, 0) is 12.8 Å². The minimum atomic E-state index is -0.679. The fourth-order valence-corrected chi connectivity index (χ4v) is 0.794. The van der Waals surface area contributed by atoms with E-state index in [1.807, 2.05) is 13.8 Å². The summed E-state index contributed by atoms with van der Waals surface area (Å²) in [5.41, 5.74) is -0.679. The fraction of sp³-hybridized carbons (Fsp3) is 1.00. The van der Waals surface area contributed by atoms with Crippen molar-refractivity contribution in [3.05, 3.63) is 0 Å². The van der Waals surface area contributed by atoms with E-state index in [2.05, 4.69) is 0 Å². The first-order valence-electron chi connectivity index (χ1n) is 3.49. The zero-order valence-electron chi connectivity index (χ0n) is 6.18. The molecule has 0 saturated heterocycles. The van der Waals surface area contributed by atoms with Crippen LogP contribution in [0.25, 0.3) is 0 Å². The van der Waals surface area contributed by atoms with Crippen LogP contribution >= 0.6 is 0 Å². The summed E-state index contributed by atoms with van der Waals surface area (Å²) in [6, 6.07) is 0. The van der Waals surface area contributed by atoms with E-state index in [9.17, 15) is 10.2 Å². The van der Waals surface area contributed by atoms with E-state index in [-0.39, 0.29) is 6.61 Å².